The van der Waals surface area contributed by atoms with Crippen LogP contribution < -0.4 is 0 Å². The van der Waals surface area contributed by atoms with E-state index in [1.165, 1.54) is 0 Å². The molecule has 1 aliphatic carbocycles. The first-order valence-corrected chi connectivity index (χ1v) is 5.49. The van der Waals surface area contributed by atoms with Crippen molar-refractivity contribution in [2.45, 2.75) is 25.2 Å². The molecule has 0 aromatic heterocycles. The third-order valence-electron chi connectivity index (χ3n) is 2.67. The van der Waals surface area contributed by atoms with Crippen LogP contribution in [-0.4, -0.2) is 10.9 Å². The summed E-state index contributed by atoms with van der Waals surface area (Å²) >= 11 is 3.34. The molecule has 0 amide bonds. The van der Waals surface area contributed by atoms with Crippen LogP contribution in [0.15, 0.2) is 22.7 Å². The number of aromatic hydroxyl groups is 1. The molecule has 0 aliphatic heterocycles. The van der Waals surface area contributed by atoms with Crippen molar-refractivity contribution >= 4 is 21.7 Å². The number of benzene rings is 1. The molecule has 74 valence electrons. The van der Waals surface area contributed by atoms with Crippen LogP contribution in [0.25, 0.3) is 0 Å². The van der Waals surface area contributed by atoms with Gasteiger partial charge in [-0.05, 0) is 31.0 Å². The van der Waals surface area contributed by atoms with Gasteiger partial charge in [0.05, 0.1) is 0 Å². The van der Waals surface area contributed by atoms with Crippen LogP contribution >= 0.6 is 15.9 Å². The monoisotopic (exact) mass is 254 g/mol. The molecular formula is C11H11BrO2. The lowest BCUT2D eigenvalue weighted by Gasteiger charge is -2.10. The molecule has 0 spiro atoms. The van der Waals surface area contributed by atoms with Gasteiger partial charge in [-0.1, -0.05) is 15.9 Å². The van der Waals surface area contributed by atoms with Gasteiger partial charge < -0.3 is 5.11 Å². The van der Waals surface area contributed by atoms with Crippen molar-refractivity contribution in [2.24, 2.45) is 0 Å². The molecule has 3 heteroatoms. The average molecular weight is 255 g/mol. The zero-order valence-corrected chi connectivity index (χ0v) is 9.25. The van der Waals surface area contributed by atoms with Crippen molar-refractivity contribution in [1.29, 1.82) is 0 Å². The first-order valence-electron chi connectivity index (χ1n) is 4.69. The number of hydrogen-bond acceptors (Lipinski definition) is 2. The molecule has 1 N–H and O–H groups in total. The summed E-state index contributed by atoms with van der Waals surface area (Å²) in [5.74, 6) is 0.388. The van der Waals surface area contributed by atoms with Crippen LogP contribution in [0.1, 0.15) is 30.7 Å². The van der Waals surface area contributed by atoms with Crippen LogP contribution in [0.2, 0.25) is 0 Å². The van der Waals surface area contributed by atoms with Crippen molar-refractivity contribution in [1.82, 2.24) is 0 Å². The van der Waals surface area contributed by atoms with Gasteiger partial charge in [0.25, 0.3) is 0 Å². The van der Waals surface area contributed by atoms with E-state index in [2.05, 4.69) is 15.9 Å². The predicted molar refractivity (Wildman–Crippen MR) is 57.4 cm³/mol. The van der Waals surface area contributed by atoms with Crippen LogP contribution in [0, 0.1) is 0 Å². The Hall–Kier alpha value is -0.830. The SMILES string of the molecule is O=C1CCCC1c1cc(Br)ccc1O. The molecule has 2 nitrogen and oxygen atoms in total. The number of rotatable bonds is 1. The Morgan fingerprint density at radius 3 is 2.86 bits per heavy atom. The van der Waals surface area contributed by atoms with Gasteiger partial charge in [0.1, 0.15) is 11.5 Å². The summed E-state index contributed by atoms with van der Waals surface area (Å²) < 4.78 is 0.907. The van der Waals surface area contributed by atoms with Crippen molar-refractivity contribution in [2.75, 3.05) is 0 Å². The van der Waals surface area contributed by atoms with E-state index in [-0.39, 0.29) is 17.5 Å². The van der Waals surface area contributed by atoms with E-state index in [9.17, 15) is 9.90 Å². The molecule has 2 rings (SSSR count). The van der Waals surface area contributed by atoms with Gasteiger partial charge >= 0.3 is 0 Å². The number of ketones is 1. The maximum absolute atomic E-state index is 11.5. The fraction of sp³-hybridized carbons (Fsp3) is 0.364. The number of phenolic OH excluding ortho intramolecular Hbond substituents is 1. The summed E-state index contributed by atoms with van der Waals surface area (Å²) in [6.45, 7) is 0. The normalized spacial score (nSPS) is 21.5. The van der Waals surface area contributed by atoms with Gasteiger partial charge in [-0.15, -0.1) is 0 Å². The Kier molecular flexibility index (Phi) is 2.59. The zero-order chi connectivity index (χ0) is 10.1. The van der Waals surface area contributed by atoms with Gasteiger partial charge in [-0.3, -0.25) is 4.79 Å². The second-order valence-electron chi connectivity index (χ2n) is 3.61. The van der Waals surface area contributed by atoms with Crippen LogP contribution in [0.3, 0.4) is 0 Å². The molecular weight excluding hydrogens is 244 g/mol. The van der Waals surface area contributed by atoms with Crippen LogP contribution in [0.5, 0.6) is 5.75 Å². The van der Waals surface area contributed by atoms with Gasteiger partial charge in [0.2, 0.25) is 0 Å². The summed E-state index contributed by atoms with van der Waals surface area (Å²) in [4.78, 5) is 11.5. The molecule has 1 fully saturated rings. The Morgan fingerprint density at radius 2 is 2.21 bits per heavy atom. The van der Waals surface area contributed by atoms with E-state index in [1.807, 2.05) is 6.07 Å². The molecule has 14 heavy (non-hydrogen) atoms. The summed E-state index contributed by atoms with van der Waals surface area (Å²) in [6, 6.07) is 5.24. The Labute approximate surface area is 91.1 Å². The predicted octanol–water partition coefficient (Wildman–Crippen LogP) is 2.99. The highest BCUT2D eigenvalue weighted by Crippen LogP contribution is 2.37. The fourth-order valence-corrected chi connectivity index (χ4v) is 2.33. The van der Waals surface area contributed by atoms with Gasteiger partial charge in [-0.2, -0.15) is 0 Å². The molecule has 1 saturated carbocycles. The molecule has 0 bridgehead atoms. The van der Waals surface area contributed by atoms with Crippen molar-refractivity contribution in [3.8, 4) is 5.75 Å². The summed E-state index contributed by atoms with van der Waals surface area (Å²) in [5, 5.41) is 9.64. The lowest BCUT2D eigenvalue weighted by Crippen LogP contribution is -2.04. The highest BCUT2D eigenvalue weighted by atomic mass is 79.9. The molecule has 1 aromatic rings. The van der Waals surface area contributed by atoms with E-state index in [0.717, 1.165) is 22.9 Å². The summed E-state index contributed by atoms with van der Waals surface area (Å²) in [7, 11) is 0. The van der Waals surface area contributed by atoms with E-state index >= 15 is 0 Å². The molecule has 0 heterocycles. The van der Waals surface area contributed by atoms with Crippen molar-refractivity contribution < 1.29 is 9.90 Å². The number of hydrogen-bond donors (Lipinski definition) is 1. The highest BCUT2D eigenvalue weighted by molar-refractivity contribution is 9.10. The van der Waals surface area contributed by atoms with Gasteiger partial charge in [0.15, 0.2) is 0 Å². The maximum Gasteiger partial charge on any atom is 0.140 e. The number of halogens is 1. The summed E-state index contributed by atoms with van der Waals surface area (Å²) in [5.41, 5.74) is 0.766. The van der Waals surface area contributed by atoms with Crippen LogP contribution in [-0.2, 0) is 4.79 Å². The molecule has 0 radical (unpaired) electrons. The zero-order valence-electron chi connectivity index (χ0n) is 7.66. The lowest BCUT2D eigenvalue weighted by molar-refractivity contribution is -0.118. The molecule has 1 aromatic carbocycles. The van der Waals surface area contributed by atoms with E-state index < -0.39 is 0 Å². The van der Waals surface area contributed by atoms with Crippen molar-refractivity contribution in [3.05, 3.63) is 28.2 Å². The fourth-order valence-electron chi connectivity index (χ4n) is 1.95. The number of Topliss-reactive ketones (excluding diaryl/α,β-unsaturated/α-hetero) is 1. The number of phenols is 1. The maximum atomic E-state index is 11.5. The van der Waals surface area contributed by atoms with E-state index in [0.29, 0.717) is 6.42 Å². The number of carbonyl (C=O) groups is 1. The van der Waals surface area contributed by atoms with E-state index in [1.54, 1.807) is 12.1 Å². The Bertz CT molecular complexity index is 374. The third-order valence-corrected chi connectivity index (χ3v) is 3.16. The van der Waals surface area contributed by atoms with Crippen LogP contribution in [0.4, 0.5) is 0 Å². The Balaban J connectivity index is 2.39. The minimum atomic E-state index is -0.0903. The molecule has 1 atom stereocenters. The molecule has 1 aliphatic rings. The van der Waals surface area contributed by atoms with Gasteiger partial charge in [0, 0.05) is 22.4 Å². The third kappa shape index (κ3) is 1.69. The molecule has 1 unspecified atom stereocenters. The average Bonchev–Trinajstić information content (AvgIpc) is 2.56. The quantitative estimate of drug-likeness (QED) is 0.837. The van der Waals surface area contributed by atoms with Crippen molar-refractivity contribution in [3.63, 3.8) is 0 Å². The Morgan fingerprint density at radius 1 is 1.43 bits per heavy atom. The van der Waals surface area contributed by atoms with Gasteiger partial charge in [-0.25, -0.2) is 0 Å². The number of carbonyl (C=O) groups excluding carboxylic acids is 1. The largest absolute Gasteiger partial charge is 0.508 e. The standard InChI is InChI=1S/C11H11BrO2/c12-7-4-5-11(14)9(6-7)8-2-1-3-10(8)13/h4-6,8,14H,1-3H2. The first kappa shape index (κ1) is 9.71. The first-order chi connectivity index (χ1) is 6.68. The lowest BCUT2D eigenvalue weighted by atomic mass is 9.96. The minimum Gasteiger partial charge on any atom is -0.508 e. The second kappa shape index (κ2) is 3.73. The minimum absolute atomic E-state index is 0.0903. The summed E-state index contributed by atoms with van der Waals surface area (Å²) in [6.07, 6.45) is 2.45. The highest BCUT2D eigenvalue weighted by Gasteiger charge is 2.27. The smallest absolute Gasteiger partial charge is 0.140 e. The second-order valence-corrected chi connectivity index (χ2v) is 4.53. The van der Waals surface area contributed by atoms with E-state index in [4.69, 9.17) is 0 Å². The molecule has 0 saturated heterocycles. The topological polar surface area (TPSA) is 37.3 Å².